The lowest BCUT2D eigenvalue weighted by molar-refractivity contribution is -0.876. The Bertz CT molecular complexity index is 580. The third-order valence-corrected chi connectivity index (χ3v) is 4.89. The molecule has 22 heavy (non-hydrogen) atoms. The number of carbonyl (C=O) groups is 3. The Labute approximate surface area is 134 Å². The van der Waals surface area contributed by atoms with Crippen LogP contribution >= 0.6 is 11.8 Å². The molecule has 1 N–H and O–H groups in total. The SMILES string of the molecule is CC(=O)C[N+](C)(C)C/C=C/C1=C(C(=O)O)N2C(=O)C[C@@H]2SC1. The maximum atomic E-state index is 11.6. The van der Waals surface area contributed by atoms with E-state index in [0.717, 1.165) is 0 Å². The Kier molecular flexibility index (Phi) is 4.77. The minimum absolute atomic E-state index is 0.0271. The number of aliphatic carboxylic acids is 1. The predicted octanol–water partition coefficient (Wildman–Crippen LogP) is 0.852. The van der Waals surface area contributed by atoms with Gasteiger partial charge in [0, 0.05) is 12.7 Å². The van der Waals surface area contributed by atoms with Gasteiger partial charge < -0.3 is 9.59 Å². The van der Waals surface area contributed by atoms with E-state index < -0.39 is 5.97 Å². The number of Topliss-reactive ketones (excluding diaryl/α,β-unsaturated/α-hetero) is 1. The molecule has 0 radical (unpaired) electrons. The molecule has 1 fully saturated rings. The van der Waals surface area contributed by atoms with Crippen LogP contribution in [0.25, 0.3) is 0 Å². The number of hydrogen-bond acceptors (Lipinski definition) is 4. The van der Waals surface area contributed by atoms with Crippen molar-refractivity contribution >= 4 is 29.4 Å². The van der Waals surface area contributed by atoms with Gasteiger partial charge in [0.2, 0.25) is 5.91 Å². The maximum Gasteiger partial charge on any atom is 0.352 e. The fraction of sp³-hybridized carbons (Fsp3) is 0.533. The number of carboxylic acid groups (broad SMARTS) is 1. The molecule has 0 unspecified atom stereocenters. The second-order valence-electron chi connectivity index (χ2n) is 6.29. The first kappa shape index (κ1) is 16.8. The average Bonchev–Trinajstić information content (AvgIpc) is 2.36. The molecule has 2 aliphatic rings. The zero-order valence-corrected chi connectivity index (χ0v) is 13.9. The van der Waals surface area contributed by atoms with Crippen LogP contribution in [0.1, 0.15) is 13.3 Å². The van der Waals surface area contributed by atoms with E-state index in [1.807, 2.05) is 20.2 Å². The van der Waals surface area contributed by atoms with Gasteiger partial charge in [-0.3, -0.25) is 14.5 Å². The highest BCUT2D eigenvalue weighted by Crippen LogP contribution is 2.40. The first-order valence-corrected chi connectivity index (χ1v) is 8.14. The zero-order valence-electron chi connectivity index (χ0n) is 13.0. The largest absolute Gasteiger partial charge is 0.477 e. The van der Waals surface area contributed by atoms with Crippen LogP contribution in [0, 0.1) is 0 Å². The van der Waals surface area contributed by atoms with Crippen molar-refractivity contribution in [2.45, 2.75) is 18.7 Å². The number of thioether (sulfide) groups is 1. The molecule has 120 valence electrons. The highest BCUT2D eigenvalue weighted by molar-refractivity contribution is 8.00. The molecule has 1 amide bonds. The van der Waals surface area contributed by atoms with Crippen LogP contribution in [0.5, 0.6) is 0 Å². The van der Waals surface area contributed by atoms with Crippen molar-refractivity contribution < 1.29 is 24.0 Å². The summed E-state index contributed by atoms with van der Waals surface area (Å²) in [6, 6.07) is 0. The molecule has 0 saturated carbocycles. The van der Waals surface area contributed by atoms with Gasteiger partial charge in [-0.25, -0.2) is 4.79 Å². The van der Waals surface area contributed by atoms with Gasteiger partial charge in [0.05, 0.1) is 32.4 Å². The minimum atomic E-state index is -1.06. The quantitative estimate of drug-likeness (QED) is 0.579. The highest BCUT2D eigenvalue weighted by atomic mass is 32.2. The second kappa shape index (κ2) is 6.26. The molecular weight excluding hydrogens is 304 g/mol. The second-order valence-corrected chi connectivity index (χ2v) is 7.46. The molecule has 2 rings (SSSR count). The summed E-state index contributed by atoms with van der Waals surface area (Å²) in [4.78, 5) is 35.7. The van der Waals surface area contributed by atoms with Crippen LogP contribution in [0.3, 0.4) is 0 Å². The van der Waals surface area contributed by atoms with E-state index in [0.29, 0.717) is 35.3 Å². The fourth-order valence-corrected chi connectivity index (χ4v) is 3.95. The Morgan fingerprint density at radius 1 is 1.45 bits per heavy atom. The molecule has 1 saturated heterocycles. The number of ketones is 1. The van der Waals surface area contributed by atoms with E-state index in [4.69, 9.17) is 0 Å². The minimum Gasteiger partial charge on any atom is -0.477 e. The van der Waals surface area contributed by atoms with Gasteiger partial charge in [0.25, 0.3) is 0 Å². The van der Waals surface area contributed by atoms with Crippen LogP contribution in [0.4, 0.5) is 0 Å². The Balaban J connectivity index is 2.14. The summed E-state index contributed by atoms with van der Waals surface area (Å²) >= 11 is 1.59. The van der Waals surface area contributed by atoms with Crippen LogP contribution in [-0.2, 0) is 14.4 Å². The summed E-state index contributed by atoms with van der Waals surface area (Å²) in [6.45, 7) is 2.61. The Morgan fingerprint density at radius 3 is 2.68 bits per heavy atom. The molecule has 0 aromatic heterocycles. The predicted molar refractivity (Wildman–Crippen MR) is 84.0 cm³/mol. The molecular formula is C15H21N2O4S+. The highest BCUT2D eigenvalue weighted by Gasteiger charge is 2.44. The number of carbonyl (C=O) groups excluding carboxylic acids is 2. The molecule has 0 spiro atoms. The van der Waals surface area contributed by atoms with Gasteiger partial charge in [0.15, 0.2) is 5.78 Å². The summed E-state index contributed by atoms with van der Waals surface area (Å²) in [5.74, 6) is -0.484. The van der Waals surface area contributed by atoms with Crippen LogP contribution in [0.2, 0.25) is 0 Å². The number of likely N-dealkylation sites (N-methyl/N-ethyl adjacent to an activating group) is 1. The Hall–Kier alpha value is -1.60. The first-order valence-electron chi connectivity index (χ1n) is 7.09. The fourth-order valence-electron chi connectivity index (χ4n) is 2.71. The van der Waals surface area contributed by atoms with Crippen molar-refractivity contribution in [2.75, 3.05) is 32.9 Å². The maximum absolute atomic E-state index is 11.6. The summed E-state index contributed by atoms with van der Waals surface area (Å²) < 4.78 is 0.514. The first-order chi connectivity index (χ1) is 10.2. The number of rotatable bonds is 6. The van der Waals surface area contributed by atoms with Gasteiger partial charge in [-0.05, 0) is 11.6 Å². The molecule has 1 atom stereocenters. The molecule has 0 aromatic carbocycles. The molecule has 6 nitrogen and oxygen atoms in total. The lowest BCUT2D eigenvalue weighted by atomic mass is 10.1. The summed E-state index contributed by atoms with van der Waals surface area (Å²) in [7, 11) is 3.89. The summed E-state index contributed by atoms with van der Waals surface area (Å²) in [5, 5.41) is 9.36. The van der Waals surface area contributed by atoms with Gasteiger partial charge >= 0.3 is 5.97 Å². The van der Waals surface area contributed by atoms with E-state index >= 15 is 0 Å². The lowest BCUT2D eigenvalue weighted by Gasteiger charge is -2.43. The topological polar surface area (TPSA) is 74.7 Å². The molecule has 0 aliphatic carbocycles. The third kappa shape index (κ3) is 3.59. The van der Waals surface area contributed by atoms with Gasteiger partial charge in [-0.2, -0.15) is 0 Å². The number of carboxylic acids is 1. The molecule has 0 bridgehead atoms. The van der Waals surface area contributed by atoms with Gasteiger partial charge in [-0.1, -0.05) is 6.08 Å². The summed E-state index contributed by atoms with van der Waals surface area (Å²) in [5.41, 5.74) is 0.762. The van der Waals surface area contributed by atoms with E-state index in [9.17, 15) is 19.5 Å². The van der Waals surface area contributed by atoms with E-state index in [-0.39, 0.29) is 22.8 Å². The van der Waals surface area contributed by atoms with Gasteiger partial charge in [-0.15, -0.1) is 11.8 Å². The van der Waals surface area contributed by atoms with Crippen LogP contribution in [0.15, 0.2) is 23.4 Å². The number of β-lactam (4-membered cyclic amide) rings is 1. The lowest BCUT2D eigenvalue weighted by Crippen LogP contribution is -2.53. The van der Waals surface area contributed by atoms with Crippen molar-refractivity contribution in [3.8, 4) is 0 Å². The standard InChI is InChI=1S/C15H20N2O4S/c1-10(18)8-17(2,3)6-4-5-11-9-22-13-7-12(19)16(13)14(11)15(20)21/h4-5,13H,6-9H2,1-3H3/p+1/b5-4+/t13-/m0/s1. The third-order valence-electron chi connectivity index (χ3n) is 3.65. The van der Waals surface area contributed by atoms with Crippen molar-refractivity contribution in [2.24, 2.45) is 0 Å². The van der Waals surface area contributed by atoms with E-state index in [2.05, 4.69) is 0 Å². The van der Waals surface area contributed by atoms with Crippen LogP contribution in [-0.4, -0.2) is 70.5 Å². The number of quaternary nitrogens is 1. The smallest absolute Gasteiger partial charge is 0.352 e. The van der Waals surface area contributed by atoms with E-state index in [1.165, 1.54) is 4.90 Å². The number of amides is 1. The molecule has 2 heterocycles. The number of nitrogens with zero attached hydrogens (tertiary/aromatic N) is 2. The number of hydrogen-bond donors (Lipinski definition) is 1. The molecule has 0 aromatic rings. The van der Waals surface area contributed by atoms with Gasteiger partial charge in [0.1, 0.15) is 12.2 Å². The Morgan fingerprint density at radius 2 is 2.14 bits per heavy atom. The van der Waals surface area contributed by atoms with Crippen molar-refractivity contribution in [1.29, 1.82) is 0 Å². The van der Waals surface area contributed by atoms with Crippen LogP contribution < -0.4 is 0 Å². The van der Waals surface area contributed by atoms with Crippen molar-refractivity contribution in [3.05, 3.63) is 23.4 Å². The van der Waals surface area contributed by atoms with Crippen molar-refractivity contribution in [1.82, 2.24) is 4.90 Å². The monoisotopic (exact) mass is 325 g/mol. The van der Waals surface area contributed by atoms with Crippen molar-refractivity contribution in [3.63, 3.8) is 0 Å². The molecule has 7 heteroatoms. The zero-order chi connectivity index (χ0) is 16.5. The normalized spacial score (nSPS) is 21.9. The average molecular weight is 325 g/mol. The van der Waals surface area contributed by atoms with E-state index in [1.54, 1.807) is 24.8 Å². The molecule has 2 aliphatic heterocycles. The summed E-state index contributed by atoms with van der Waals surface area (Å²) in [6.07, 6.45) is 4.08. The number of allylic oxidation sites excluding steroid dienone is 1. The number of fused-ring (bicyclic) bond motifs is 1.